The minimum absolute atomic E-state index is 0.142. The second-order valence-electron chi connectivity index (χ2n) is 32.1. The van der Waals surface area contributed by atoms with E-state index in [9.17, 15) is 111 Å². The summed E-state index contributed by atoms with van der Waals surface area (Å²) in [6, 6.07) is -1.12. The minimum Gasteiger partial charge on any atom is -0.410 e. The van der Waals surface area contributed by atoms with Gasteiger partial charge in [-0.1, -0.05) is 188 Å². The highest BCUT2D eigenvalue weighted by molar-refractivity contribution is 5.76. The van der Waals surface area contributed by atoms with Crippen molar-refractivity contribution in [2.45, 2.75) is 404 Å². The first-order valence-corrected chi connectivity index (χ1v) is 42.2. The maximum Gasteiger partial charge on any atom is 0.332 e. The average Bonchev–Trinajstić information content (AvgIpc) is 0.751. The molecule has 6 rings (SSSR count). The topological polar surface area (TPSA) is 577 Å². The van der Waals surface area contributed by atoms with Crippen molar-refractivity contribution in [1.29, 1.82) is 0 Å². The van der Waals surface area contributed by atoms with Crippen molar-refractivity contribution < 1.29 is 178 Å². The Hall–Kier alpha value is -3.09. The van der Waals surface area contributed by atoms with E-state index in [2.05, 4.69) is 19.2 Å². The highest BCUT2D eigenvalue weighted by Crippen LogP contribution is 2.45. The number of aliphatic hydroxyl groups excluding tert-OH is 19. The maximum atomic E-state index is 13.6. The van der Waals surface area contributed by atoms with Crippen molar-refractivity contribution in [1.82, 2.24) is 5.32 Å². The Kier molecular flexibility index (Phi) is 46.0. The molecule has 678 valence electrons. The predicted octanol–water partition coefficient (Wildman–Crippen LogP) is -1.16. The molecule has 6 aliphatic heterocycles. The standard InChI is InChI=1S/C79H141NO36/c1-6-8-10-12-14-16-18-20-22-24-26-28-30-32-49(89)48(80-58(94)33-31-29-27-25-23-21-19-17-15-13-11-9-7-2)42-103-75-64(100)63(99)70(56(40-85)108-75)111-77-66(102)73(116-79(105-44-88)35-51(91)46(4)69(114-79)60(96)53(93)37-82)71(57(41-86)109-77)112-74-47(5)67(61(97)54(38-83)106-74)110-76-65(101)72(62(98)55(39-84)107-76)115-78(104-43-87)34-50(90)45(3)68(113-78)59(95)52(92)36-81/h30,32,43-57,59-77,81-86,89-93,95-102H,6-29,31,33-42H2,1-5H3,(H,80,94)/b32-30+/t45-,46-,47?,48+,49-,50-,51-,52-,53-,54?,55?,56?,57?,59-,60-,61+,62+,63-,64?,65?,66?,67-,68?,69?,70-,71+,72+,73-,74+,75-,76+,77+,78+,79+/m1/s1. The third-order valence-corrected chi connectivity index (χ3v) is 23.2. The van der Waals surface area contributed by atoms with Gasteiger partial charge in [-0.25, -0.2) is 0 Å². The molecule has 0 aromatic heterocycles. The van der Waals surface area contributed by atoms with Crippen molar-refractivity contribution >= 4 is 18.9 Å². The molecule has 0 aromatic rings. The summed E-state index contributed by atoms with van der Waals surface area (Å²) in [6.45, 7) is 1.21. The van der Waals surface area contributed by atoms with Crippen LogP contribution in [0, 0.1) is 17.8 Å². The van der Waals surface area contributed by atoms with Crippen LogP contribution in [0.1, 0.15) is 214 Å². The number of unbranched alkanes of at least 4 members (excludes halogenated alkanes) is 23. The number of aliphatic hydroxyl groups is 19. The first-order chi connectivity index (χ1) is 55.6. The zero-order chi connectivity index (χ0) is 85.2. The van der Waals surface area contributed by atoms with Crippen molar-refractivity contribution in [3.63, 3.8) is 0 Å². The van der Waals surface area contributed by atoms with Crippen LogP contribution in [0.2, 0.25) is 0 Å². The summed E-state index contributed by atoms with van der Waals surface area (Å²) in [7, 11) is 0. The van der Waals surface area contributed by atoms with Gasteiger partial charge in [-0.05, 0) is 19.3 Å². The van der Waals surface area contributed by atoms with Crippen LogP contribution in [0.5, 0.6) is 0 Å². The number of hydrogen-bond acceptors (Lipinski definition) is 36. The number of nitrogens with one attached hydrogen (secondary N) is 1. The molecule has 37 nitrogen and oxygen atoms in total. The molecule has 0 bridgehead atoms. The van der Waals surface area contributed by atoms with Gasteiger partial charge in [0.2, 0.25) is 5.91 Å². The van der Waals surface area contributed by atoms with Crippen LogP contribution in [0.15, 0.2) is 12.2 Å². The Balaban J connectivity index is 1.24. The van der Waals surface area contributed by atoms with Crippen LogP contribution in [0.25, 0.3) is 0 Å². The maximum absolute atomic E-state index is 13.6. The lowest BCUT2D eigenvalue weighted by molar-refractivity contribution is -0.456. The number of ether oxygens (including phenoxy) is 14. The van der Waals surface area contributed by atoms with Gasteiger partial charge in [0.25, 0.3) is 12.9 Å². The summed E-state index contributed by atoms with van der Waals surface area (Å²) in [5.41, 5.74) is 0. The SMILES string of the molecule is CCCCCCCCCCCCC/C=C/[C@@H](O)[C@H](CO[C@@H]1OC(CO)[C@@H](O[C@@H]2OC(CO)[C@H](O[C@@H]3OC(CO)[C@H](O)[C@H](O[C@@H]4OC(CO)[C@H](O)[C@H](O[C@]5(OC=O)C[C@@H](O)[C@@H](C)C([C@H](O)[C@H](O)CO)O5)C4O)C3C)[C@H](O[C@]3(OC=O)C[C@@H](O)[C@@H](C)C([C@H](O)[C@H](O)CO)O3)C2O)[C@H](O)C1O)NC(=O)CCCCCCCCCCCCCCC. The molecule has 0 radical (unpaired) electrons. The highest BCUT2D eigenvalue weighted by atomic mass is 16.9. The van der Waals surface area contributed by atoms with Crippen molar-refractivity contribution in [3.8, 4) is 0 Å². The van der Waals surface area contributed by atoms with E-state index in [0.29, 0.717) is 12.8 Å². The zero-order valence-corrected chi connectivity index (χ0v) is 68.0. The molecule has 10 unspecified atom stereocenters. The van der Waals surface area contributed by atoms with E-state index in [4.69, 9.17) is 66.3 Å². The van der Waals surface area contributed by atoms with E-state index in [1.165, 1.54) is 111 Å². The van der Waals surface area contributed by atoms with Gasteiger partial charge in [-0.15, -0.1) is 0 Å². The van der Waals surface area contributed by atoms with Gasteiger partial charge in [-0.2, -0.15) is 0 Å². The molecule has 6 fully saturated rings. The number of rotatable bonds is 56. The van der Waals surface area contributed by atoms with E-state index < -0.39 is 266 Å². The molecular formula is C79H141NO36. The summed E-state index contributed by atoms with van der Waals surface area (Å²) < 4.78 is 84.0. The molecule has 6 aliphatic rings. The lowest BCUT2D eigenvalue weighted by atomic mass is 9.86. The summed E-state index contributed by atoms with van der Waals surface area (Å²) in [5, 5.41) is 216. The molecule has 6 heterocycles. The van der Waals surface area contributed by atoms with Crippen LogP contribution in [0.3, 0.4) is 0 Å². The van der Waals surface area contributed by atoms with E-state index in [-0.39, 0.29) is 25.3 Å². The fourth-order valence-corrected chi connectivity index (χ4v) is 15.8. The normalized spacial score (nSPS) is 37.4. The molecule has 6 saturated heterocycles. The van der Waals surface area contributed by atoms with E-state index in [1.54, 1.807) is 6.08 Å². The molecule has 0 aliphatic carbocycles. The molecule has 20 N–H and O–H groups in total. The van der Waals surface area contributed by atoms with Gasteiger partial charge >= 0.3 is 11.9 Å². The molecule has 37 heteroatoms. The van der Waals surface area contributed by atoms with Crippen LogP contribution in [-0.4, -0.2) is 352 Å². The lowest BCUT2D eigenvalue weighted by Gasteiger charge is -2.52. The smallest absolute Gasteiger partial charge is 0.332 e. The number of carbonyl (C=O) groups is 3. The number of allylic oxidation sites excluding steroid dienone is 1. The quantitative estimate of drug-likeness (QED) is 0.0148. The Morgan fingerprint density at radius 2 is 0.828 bits per heavy atom. The molecule has 0 saturated carbocycles. The minimum atomic E-state index is -2.96. The van der Waals surface area contributed by atoms with Crippen LogP contribution in [0.4, 0.5) is 0 Å². The van der Waals surface area contributed by atoms with Gasteiger partial charge in [0.05, 0.1) is 102 Å². The van der Waals surface area contributed by atoms with Crippen molar-refractivity contribution in [2.75, 3.05) is 46.2 Å². The zero-order valence-electron chi connectivity index (χ0n) is 68.0. The van der Waals surface area contributed by atoms with Gasteiger partial charge in [0, 0.05) is 24.2 Å². The third-order valence-electron chi connectivity index (χ3n) is 23.2. The Bertz CT molecular complexity index is 2710. The summed E-state index contributed by atoms with van der Waals surface area (Å²) in [4.78, 5) is 38.4. The molecular weight excluding hydrogens is 1540 g/mol. The summed E-state index contributed by atoms with van der Waals surface area (Å²) in [5.74, 6) is -9.79. The first kappa shape index (κ1) is 102. The van der Waals surface area contributed by atoms with Crippen LogP contribution in [-0.2, 0) is 80.7 Å². The summed E-state index contributed by atoms with van der Waals surface area (Å²) >= 11 is 0. The second kappa shape index (κ2) is 52.5. The molecule has 116 heavy (non-hydrogen) atoms. The Labute approximate surface area is 679 Å². The van der Waals surface area contributed by atoms with E-state index >= 15 is 0 Å². The van der Waals surface area contributed by atoms with Crippen molar-refractivity contribution in [2.24, 2.45) is 17.8 Å². The molecule has 1 amide bonds. The van der Waals surface area contributed by atoms with Crippen molar-refractivity contribution in [3.05, 3.63) is 12.2 Å². The van der Waals surface area contributed by atoms with Crippen LogP contribution < -0.4 is 5.32 Å². The summed E-state index contributed by atoms with van der Waals surface area (Å²) in [6.07, 6.45) is -24.6. The molecule has 34 atom stereocenters. The van der Waals surface area contributed by atoms with Gasteiger partial charge in [0.1, 0.15) is 110 Å². The molecule has 0 aromatic carbocycles. The lowest BCUT2D eigenvalue weighted by Crippen LogP contribution is -2.69. The second-order valence-corrected chi connectivity index (χ2v) is 32.1. The fourth-order valence-electron chi connectivity index (χ4n) is 15.8. The van der Waals surface area contributed by atoms with E-state index in [1.807, 2.05) is 6.08 Å². The highest BCUT2D eigenvalue weighted by Gasteiger charge is 2.62. The van der Waals surface area contributed by atoms with E-state index in [0.717, 1.165) is 57.8 Å². The number of hydrogen-bond donors (Lipinski definition) is 20. The van der Waals surface area contributed by atoms with Gasteiger partial charge in [0.15, 0.2) is 25.2 Å². The molecule has 0 spiro atoms. The van der Waals surface area contributed by atoms with Gasteiger partial charge in [-0.3, -0.25) is 14.4 Å². The Morgan fingerprint density at radius 1 is 0.440 bits per heavy atom. The van der Waals surface area contributed by atoms with Crippen LogP contribution >= 0.6 is 0 Å². The predicted molar refractivity (Wildman–Crippen MR) is 404 cm³/mol. The monoisotopic (exact) mass is 1680 g/mol. The number of carbonyl (C=O) groups excluding carboxylic acids is 3. The average molecular weight is 1680 g/mol. The fraction of sp³-hybridized carbons (Fsp3) is 0.937. The Morgan fingerprint density at radius 3 is 1.28 bits per heavy atom. The third kappa shape index (κ3) is 29.3. The largest absolute Gasteiger partial charge is 0.410 e. The van der Waals surface area contributed by atoms with Gasteiger partial charge < -0.3 is 169 Å². The first-order valence-electron chi connectivity index (χ1n) is 42.2. The number of amides is 1.